The van der Waals surface area contributed by atoms with Crippen molar-refractivity contribution in [2.24, 2.45) is 5.73 Å². The van der Waals surface area contributed by atoms with E-state index in [2.05, 4.69) is 24.9 Å². The van der Waals surface area contributed by atoms with Gasteiger partial charge in [-0.1, -0.05) is 11.6 Å². The van der Waals surface area contributed by atoms with E-state index in [-0.39, 0.29) is 0 Å². The molecule has 0 bridgehead atoms. The van der Waals surface area contributed by atoms with Gasteiger partial charge in [-0.15, -0.1) is 0 Å². The maximum absolute atomic E-state index is 5.42. The fourth-order valence-corrected chi connectivity index (χ4v) is 1.42. The first-order valence-electron chi connectivity index (χ1n) is 3.85. The summed E-state index contributed by atoms with van der Waals surface area (Å²) in [5.41, 5.74) is 6.93. The highest BCUT2D eigenvalue weighted by atomic mass is 15.1. The van der Waals surface area contributed by atoms with Crippen molar-refractivity contribution in [1.29, 1.82) is 0 Å². The maximum Gasteiger partial charge on any atom is 0.0277 e. The molecule has 0 saturated carbocycles. The van der Waals surface area contributed by atoms with Crippen LogP contribution in [0.15, 0.2) is 11.6 Å². The number of nitrogens with two attached hydrogens (primary N) is 1. The Morgan fingerprint density at radius 2 is 2.50 bits per heavy atom. The predicted octanol–water partition coefficient (Wildman–Crippen LogP) is 0.596. The third-order valence-electron chi connectivity index (χ3n) is 2.33. The van der Waals surface area contributed by atoms with Crippen LogP contribution in [0.5, 0.6) is 0 Å². The van der Waals surface area contributed by atoms with Gasteiger partial charge in [-0.25, -0.2) is 0 Å². The van der Waals surface area contributed by atoms with Crippen molar-refractivity contribution in [2.75, 3.05) is 20.1 Å². The van der Waals surface area contributed by atoms with E-state index in [0.717, 1.165) is 0 Å². The Bertz CT molecular complexity index is 140. The van der Waals surface area contributed by atoms with E-state index < -0.39 is 0 Å². The molecular formula is C8H16N2. The van der Waals surface area contributed by atoms with Gasteiger partial charge in [0.25, 0.3) is 0 Å². The molecule has 1 aliphatic heterocycles. The van der Waals surface area contributed by atoms with Gasteiger partial charge in [0.1, 0.15) is 0 Å². The summed E-state index contributed by atoms with van der Waals surface area (Å²) >= 11 is 0. The number of likely N-dealkylation sites (N-methyl/N-ethyl adjacent to an activating group) is 1. The molecule has 0 amide bonds. The first-order chi connectivity index (χ1) is 4.75. The van der Waals surface area contributed by atoms with Crippen LogP contribution >= 0.6 is 0 Å². The Morgan fingerprint density at radius 3 is 2.90 bits per heavy atom. The molecule has 2 nitrogen and oxygen atoms in total. The SMILES string of the molecule is C[C@@H]1/C(=C/CN)CCN1C. The van der Waals surface area contributed by atoms with Gasteiger partial charge in [0.15, 0.2) is 0 Å². The Kier molecular flexibility index (Phi) is 2.46. The highest BCUT2D eigenvalue weighted by Crippen LogP contribution is 2.20. The van der Waals surface area contributed by atoms with E-state index >= 15 is 0 Å². The zero-order valence-corrected chi connectivity index (χ0v) is 6.80. The van der Waals surface area contributed by atoms with Crippen molar-refractivity contribution in [3.8, 4) is 0 Å². The molecule has 0 aromatic rings. The minimum absolute atomic E-state index is 0.614. The predicted molar refractivity (Wildman–Crippen MR) is 43.8 cm³/mol. The van der Waals surface area contributed by atoms with Crippen LogP contribution in [0.3, 0.4) is 0 Å². The number of rotatable bonds is 1. The largest absolute Gasteiger partial charge is 0.327 e. The Hall–Kier alpha value is -0.340. The van der Waals surface area contributed by atoms with Crippen molar-refractivity contribution in [3.05, 3.63) is 11.6 Å². The van der Waals surface area contributed by atoms with Crippen LogP contribution in [-0.4, -0.2) is 31.1 Å². The Morgan fingerprint density at radius 1 is 1.80 bits per heavy atom. The molecule has 0 unspecified atom stereocenters. The van der Waals surface area contributed by atoms with Crippen molar-refractivity contribution in [3.63, 3.8) is 0 Å². The Balaban J connectivity index is 2.57. The fourth-order valence-electron chi connectivity index (χ4n) is 1.42. The number of hydrogen-bond acceptors (Lipinski definition) is 2. The zero-order chi connectivity index (χ0) is 7.56. The second kappa shape index (κ2) is 3.17. The molecule has 1 atom stereocenters. The highest BCUT2D eigenvalue weighted by molar-refractivity contribution is 5.14. The topological polar surface area (TPSA) is 29.3 Å². The minimum atomic E-state index is 0.614. The van der Waals surface area contributed by atoms with Crippen LogP contribution < -0.4 is 5.73 Å². The molecular weight excluding hydrogens is 124 g/mol. The molecule has 2 heteroatoms. The number of nitrogens with zero attached hydrogens (tertiary/aromatic N) is 1. The van der Waals surface area contributed by atoms with E-state index in [4.69, 9.17) is 5.73 Å². The standard InChI is InChI=1S/C8H16N2/c1-7-8(3-5-9)4-6-10(7)2/h3,7H,4-6,9H2,1-2H3/b8-3+/t7-/m1/s1. The van der Waals surface area contributed by atoms with Crippen LogP contribution in [0.4, 0.5) is 0 Å². The first kappa shape index (κ1) is 7.76. The molecule has 1 fully saturated rings. The van der Waals surface area contributed by atoms with Crippen molar-refractivity contribution in [1.82, 2.24) is 4.90 Å². The van der Waals surface area contributed by atoms with Gasteiger partial charge in [0, 0.05) is 19.1 Å². The lowest BCUT2D eigenvalue weighted by atomic mass is 10.1. The molecule has 1 rings (SSSR count). The van der Waals surface area contributed by atoms with Gasteiger partial charge in [-0.2, -0.15) is 0 Å². The number of likely N-dealkylation sites (tertiary alicyclic amines) is 1. The summed E-state index contributed by atoms with van der Waals surface area (Å²) in [5.74, 6) is 0. The maximum atomic E-state index is 5.42. The average Bonchev–Trinajstić information content (AvgIpc) is 2.20. The summed E-state index contributed by atoms with van der Waals surface area (Å²) in [6.07, 6.45) is 3.35. The lowest BCUT2D eigenvalue weighted by molar-refractivity contribution is 0.347. The molecule has 2 N–H and O–H groups in total. The van der Waals surface area contributed by atoms with Gasteiger partial charge in [-0.3, -0.25) is 4.90 Å². The number of hydrogen-bond donors (Lipinski definition) is 1. The normalized spacial score (nSPS) is 31.9. The molecule has 0 radical (unpaired) electrons. The molecule has 0 spiro atoms. The zero-order valence-electron chi connectivity index (χ0n) is 6.80. The molecule has 58 valence electrons. The van der Waals surface area contributed by atoms with E-state index in [1.807, 2.05) is 0 Å². The molecule has 0 aliphatic carbocycles. The molecule has 1 saturated heterocycles. The summed E-state index contributed by atoms with van der Waals surface area (Å²) in [6.45, 7) is 4.11. The molecule has 10 heavy (non-hydrogen) atoms. The van der Waals surface area contributed by atoms with Gasteiger partial charge < -0.3 is 5.73 Å². The minimum Gasteiger partial charge on any atom is -0.327 e. The third-order valence-corrected chi connectivity index (χ3v) is 2.33. The Labute approximate surface area is 62.7 Å². The molecule has 0 aromatic heterocycles. The average molecular weight is 140 g/mol. The summed E-state index contributed by atoms with van der Waals surface area (Å²) in [6, 6.07) is 0.614. The summed E-state index contributed by atoms with van der Waals surface area (Å²) in [7, 11) is 2.15. The van der Waals surface area contributed by atoms with Crippen LogP contribution in [0, 0.1) is 0 Å². The lowest BCUT2D eigenvalue weighted by Crippen LogP contribution is -2.22. The fraction of sp³-hybridized carbons (Fsp3) is 0.750. The quantitative estimate of drug-likeness (QED) is 0.540. The van der Waals surface area contributed by atoms with Crippen LogP contribution in [0.25, 0.3) is 0 Å². The van der Waals surface area contributed by atoms with E-state index in [1.165, 1.54) is 18.5 Å². The highest BCUT2D eigenvalue weighted by Gasteiger charge is 2.20. The van der Waals surface area contributed by atoms with Gasteiger partial charge >= 0.3 is 0 Å². The van der Waals surface area contributed by atoms with Crippen molar-refractivity contribution >= 4 is 0 Å². The van der Waals surface area contributed by atoms with Gasteiger partial charge in [0.05, 0.1) is 0 Å². The lowest BCUT2D eigenvalue weighted by Gasteiger charge is -2.14. The monoisotopic (exact) mass is 140 g/mol. The van der Waals surface area contributed by atoms with E-state index in [0.29, 0.717) is 12.6 Å². The summed E-state index contributed by atoms with van der Waals surface area (Å²) in [5, 5.41) is 0. The summed E-state index contributed by atoms with van der Waals surface area (Å²) in [4.78, 5) is 2.35. The first-order valence-corrected chi connectivity index (χ1v) is 3.85. The van der Waals surface area contributed by atoms with E-state index in [1.54, 1.807) is 0 Å². The smallest absolute Gasteiger partial charge is 0.0277 e. The second-order valence-corrected chi connectivity index (χ2v) is 2.92. The summed E-state index contributed by atoms with van der Waals surface area (Å²) < 4.78 is 0. The third kappa shape index (κ3) is 1.39. The second-order valence-electron chi connectivity index (χ2n) is 2.92. The van der Waals surface area contributed by atoms with Crippen LogP contribution in [0.2, 0.25) is 0 Å². The van der Waals surface area contributed by atoms with E-state index in [9.17, 15) is 0 Å². The van der Waals surface area contributed by atoms with Gasteiger partial charge in [0.2, 0.25) is 0 Å². The molecule has 0 aromatic carbocycles. The van der Waals surface area contributed by atoms with Crippen molar-refractivity contribution < 1.29 is 0 Å². The van der Waals surface area contributed by atoms with Crippen LogP contribution in [-0.2, 0) is 0 Å². The van der Waals surface area contributed by atoms with Gasteiger partial charge in [-0.05, 0) is 20.4 Å². The molecule has 1 aliphatic rings. The van der Waals surface area contributed by atoms with Crippen molar-refractivity contribution in [2.45, 2.75) is 19.4 Å². The van der Waals surface area contributed by atoms with Crippen LogP contribution in [0.1, 0.15) is 13.3 Å². The molecule has 1 heterocycles.